The van der Waals surface area contributed by atoms with Crippen LogP contribution in [0.4, 0.5) is 4.79 Å². The molecule has 0 spiro atoms. The Bertz CT molecular complexity index is 577. The van der Waals surface area contributed by atoms with E-state index in [9.17, 15) is 4.79 Å². The Kier molecular flexibility index (Phi) is 2.84. The maximum Gasteiger partial charge on any atom is 0.317 e. The van der Waals surface area contributed by atoms with Crippen molar-refractivity contribution in [2.75, 3.05) is 19.6 Å². The fourth-order valence-electron chi connectivity index (χ4n) is 2.35. The third-order valence-corrected chi connectivity index (χ3v) is 3.34. The summed E-state index contributed by atoms with van der Waals surface area (Å²) in [7, 11) is 0. The van der Waals surface area contributed by atoms with Crippen LogP contribution in [0.3, 0.4) is 0 Å². The Hall–Kier alpha value is -2.10. The SMILES string of the molecule is O=C1NCCN1CCc1ccnc2ccccc12. The topological polar surface area (TPSA) is 45.2 Å². The van der Waals surface area contributed by atoms with Crippen molar-refractivity contribution in [3.63, 3.8) is 0 Å². The summed E-state index contributed by atoms with van der Waals surface area (Å²) in [5, 5.41) is 4.00. The Morgan fingerprint density at radius 1 is 1.28 bits per heavy atom. The first-order valence-electron chi connectivity index (χ1n) is 6.20. The quantitative estimate of drug-likeness (QED) is 0.890. The minimum atomic E-state index is 0.0494. The van der Waals surface area contributed by atoms with E-state index in [1.807, 2.05) is 35.4 Å². The van der Waals surface area contributed by atoms with Crippen molar-refractivity contribution in [3.8, 4) is 0 Å². The maximum atomic E-state index is 11.5. The predicted molar refractivity (Wildman–Crippen MR) is 70.4 cm³/mol. The van der Waals surface area contributed by atoms with Gasteiger partial charge in [0.05, 0.1) is 5.52 Å². The number of nitrogens with one attached hydrogen (secondary N) is 1. The van der Waals surface area contributed by atoms with Crippen LogP contribution in [0.5, 0.6) is 0 Å². The number of pyridine rings is 1. The van der Waals surface area contributed by atoms with Gasteiger partial charge in [-0.2, -0.15) is 0 Å². The lowest BCUT2D eigenvalue weighted by molar-refractivity contribution is 0.218. The number of aromatic nitrogens is 1. The minimum Gasteiger partial charge on any atom is -0.336 e. The van der Waals surface area contributed by atoms with Gasteiger partial charge in [-0.25, -0.2) is 4.79 Å². The Morgan fingerprint density at radius 3 is 3.00 bits per heavy atom. The molecule has 1 aromatic carbocycles. The highest BCUT2D eigenvalue weighted by Crippen LogP contribution is 2.17. The van der Waals surface area contributed by atoms with E-state index in [0.717, 1.165) is 31.6 Å². The zero-order valence-corrected chi connectivity index (χ0v) is 10.1. The summed E-state index contributed by atoms with van der Waals surface area (Å²) < 4.78 is 0. The van der Waals surface area contributed by atoms with Crippen molar-refractivity contribution in [2.45, 2.75) is 6.42 Å². The molecule has 0 unspecified atom stereocenters. The summed E-state index contributed by atoms with van der Waals surface area (Å²) >= 11 is 0. The third-order valence-electron chi connectivity index (χ3n) is 3.34. The third kappa shape index (κ3) is 2.01. The van der Waals surface area contributed by atoms with Crippen LogP contribution in [0, 0.1) is 0 Å². The predicted octanol–water partition coefficient (Wildman–Crippen LogP) is 1.80. The Labute approximate surface area is 106 Å². The smallest absolute Gasteiger partial charge is 0.317 e. The van der Waals surface area contributed by atoms with E-state index in [1.54, 1.807) is 0 Å². The molecule has 2 amide bonds. The number of amides is 2. The van der Waals surface area contributed by atoms with Gasteiger partial charge in [0.1, 0.15) is 0 Å². The number of nitrogens with zero attached hydrogens (tertiary/aromatic N) is 2. The normalized spacial score (nSPS) is 15.1. The molecule has 1 fully saturated rings. The molecule has 0 atom stereocenters. The zero-order valence-electron chi connectivity index (χ0n) is 10.1. The average Bonchev–Trinajstić information content (AvgIpc) is 2.82. The van der Waals surface area contributed by atoms with Crippen LogP contribution < -0.4 is 5.32 Å². The number of carbonyl (C=O) groups excluding carboxylic acids is 1. The molecule has 4 nitrogen and oxygen atoms in total. The van der Waals surface area contributed by atoms with Crippen LogP contribution in [0.1, 0.15) is 5.56 Å². The molecule has 92 valence electrons. The van der Waals surface area contributed by atoms with Crippen molar-refractivity contribution in [2.24, 2.45) is 0 Å². The standard InChI is InChI=1S/C14H15N3O/c18-14-16-8-10-17(14)9-6-11-5-7-15-13-4-2-1-3-12(11)13/h1-5,7H,6,8-10H2,(H,16,18). The van der Waals surface area contributed by atoms with Gasteiger partial charge in [0, 0.05) is 31.2 Å². The molecule has 1 aliphatic heterocycles. The minimum absolute atomic E-state index is 0.0494. The molecule has 0 bridgehead atoms. The molecule has 1 N–H and O–H groups in total. The van der Waals surface area contributed by atoms with E-state index in [1.165, 1.54) is 10.9 Å². The van der Waals surface area contributed by atoms with Gasteiger partial charge in [-0.15, -0.1) is 0 Å². The number of carbonyl (C=O) groups is 1. The monoisotopic (exact) mass is 241 g/mol. The van der Waals surface area contributed by atoms with Crippen molar-refractivity contribution in [3.05, 3.63) is 42.1 Å². The van der Waals surface area contributed by atoms with E-state index in [-0.39, 0.29) is 6.03 Å². The first kappa shape index (κ1) is 11.0. The van der Waals surface area contributed by atoms with Crippen molar-refractivity contribution < 1.29 is 4.79 Å². The molecular weight excluding hydrogens is 226 g/mol. The summed E-state index contributed by atoms with van der Waals surface area (Å²) in [6.07, 6.45) is 2.71. The van der Waals surface area contributed by atoms with Gasteiger partial charge in [0.25, 0.3) is 0 Å². The molecule has 3 rings (SSSR count). The number of hydrogen-bond donors (Lipinski definition) is 1. The van der Waals surface area contributed by atoms with E-state index in [0.29, 0.717) is 0 Å². The lowest BCUT2D eigenvalue weighted by Crippen LogP contribution is -2.30. The molecule has 4 heteroatoms. The molecule has 0 aliphatic carbocycles. The van der Waals surface area contributed by atoms with Crippen molar-refractivity contribution in [1.29, 1.82) is 0 Å². The first-order chi connectivity index (χ1) is 8.84. The van der Waals surface area contributed by atoms with Crippen LogP contribution in [0.25, 0.3) is 10.9 Å². The van der Waals surface area contributed by atoms with Gasteiger partial charge in [-0.05, 0) is 24.1 Å². The van der Waals surface area contributed by atoms with E-state index >= 15 is 0 Å². The summed E-state index contributed by atoms with van der Waals surface area (Å²) in [5.41, 5.74) is 2.26. The van der Waals surface area contributed by atoms with E-state index < -0.39 is 0 Å². The number of urea groups is 1. The molecule has 1 aromatic heterocycles. The highest BCUT2D eigenvalue weighted by atomic mass is 16.2. The summed E-state index contributed by atoms with van der Waals surface area (Å²) in [6, 6.07) is 10.2. The molecular formula is C14H15N3O. The number of rotatable bonds is 3. The van der Waals surface area contributed by atoms with Crippen LogP contribution in [-0.2, 0) is 6.42 Å². The second kappa shape index (κ2) is 4.64. The molecule has 18 heavy (non-hydrogen) atoms. The molecule has 2 aromatic rings. The summed E-state index contributed by atoms with van der Waals surface area (Å²) in [5.74, 6) is 0. The zero-order chi connectivity index (χ0) is 12.4. The second-order valence-electron chi connectivity index (χ2n) is 4.46. The van der Waals surface area contributed by atoms with Gasteiger partial charge < -0.3 is 10.2 Å². The molecule has 2 heterocycles. The van der Waals surface area contributed by atoms with Gasteiger partial charge in [0.15, 0.2) is 0 Å². The molecule has 1 saturated heterocycles. The van der Waals surface area contributed by atoms with Gasteiger partial charge in [-0.1, -0.05) is 18.2 Å². The Balaban J connectivity index is 1.80. The van der Waals surface area contributed by atoms with Crippen LogP contribution in [-0.4, -0.2) is 35.5 Å². The van der Waals surface area contributed by atoms with Crippen molar-refractivity contribution >= 4 is 16.9 Å². The molecule has 1 aliphatic rings. The second-order valence-corrected chi connectivity index (χ2v) is 4.46. The number of fused-ring (bicyclic) bond motifs is 1. The first-order valence-corrected chi connectivity index (χ1v) is 6.20. The van der Waals surface area contributed by atoms with Gasteiger partial charge in [-0.3, -0.25) is 4.98 Å². The highest BCUT2D eigenvalue weighted by molar-refractivity contribution is 5.82. The van der Waals surface area contributed by atoms with Crippen LogP contribution >= 0.6 is 0 Å². The number of benzene rings is 1. The Morgan fingerprint density at radius 2 is 2.17 bits per heavy atom. The van der Waals surface area contributed by atoms with Crippen LogP contribution in [0.15, 0.2) is 36.5 Å². The summed E-state index contributed by atoms with van der Waals surface area (Å²) in [4.78, 5) is 17.7. The van der Waals surface area contributed by atoms with Crippen molar-refractivity contribution in [1.82, 2.24) is 15.2 Å². The average molecular weight is 241 g/mol. The van der Waals surface area contributed by atoms with Gasteiger partial charge in [0.2, 0.25) is 0 Å². The van der Waals surface area contributed by atoms with Gasteiger partial charge >= 0.3 is 6.03 Å². The maximum absolute atomic E-state index is 11.5. The fourth-order valence-corrected chi connectivity index (χ4v) is 2.35. The lowest BCUT2D eigenvalue weighted by Gasteiger charge is -2.14. The van der Waals surface area contributed by atoms with E-state index in [4.69, 9.17) is 0 Å². The number of para-hydroxylation sites is 1. The summed E-state index contributed by atoms with van der Waals surface area (Å²) in [6.45, 7) is 2.33. The largest absolute Gasteiger partial charge is 0.336 e. The molecule has 0 radical (unpaired) electrons. The fraction of sp³-hybridized carbons (Fsp3) is 0.286. The lowest BCUT2D eigenvalue weighted by atomic mass is 10.1. The molecule has 0 saturated carbocycles. The highest BCUT2D eigenvalue weighted by Gasteiger charge is 2.18. The van der Waals surface area contributed by atoms with E-state index in [2.05, 4.69) is 16.4 Å². The van der Waals surface area contributed by atoms with Crippen LogP contribution in [0.2, 0.25) is 0 Å². The number of hydrogen-bond acceptors (Lipinski definition) is 2.